The van der Waals surface area contributed by atoms with Gasteiger partial charge in [0, 0.05) is 12.1 Å². The van der Waals surface area contributed by atoms with E-state index in [-0.39, 0.29) is 24.0 Å². The van der Waals surface area contributed by atoms with Crippen LogP contribution in [-0.4, -0.2) is 41.3 Å². The lowest BCUT2D eigenvalue weighted by Gasteiger charge is -2.25. The molecule has 3 aliphatic rings. The Labute approximate surface area is 165 Å². The van der Waals surface area contributed by atoms with E-state index in [1.54, 1.807) is 17.9 Å². The van der Waals surface area contributed by atoms with Crippen molar-refractivity contribution in [2.24, 2.45) is 17.8 Å². The summed E-state index contributed by atoms with van der Waals surface area (Å²) in [5.74, 6) is 0.563. The van der Waals surface area contributed by atoms with E-state index in [0.29, 0.717) is 24.0 Å². The number of carbonyl (C=O) groups excluding carboxylic acids is 2. The van der Waals surface area contributed by atoms with E-state index >= 15 is 0 Å². The first-order chi connectivity index (χ1) is 13.3. The van der Waals surface area contributed by atoms with Crippen LogP contribution in [0.15, 0.2) is 22.7 Å². The van der Waals surface area contributed by atoms with Crippen molar-refractivity contribution < 1.29 is 18.8 Å². The lowest BCUT2D eigenvalue weighted by Crippen LogP contribution is -2.46. The average Bonchev–Trinajstić information content (AvgIpc) is 3.35. The summed E-state index contributed by atoms with van der Waals surface area (Å²) in [5.41, 5.74) is -0.739. The summed E-state index contributed by atoms with van der Waals surface area (Å²) in [6, 6.07) is 1.81. The van der Waals surface area contributed by atoms with Gasteiger partial charge in [-0.15, -0.1) is 0 Å². The number of nitrogens with zero attached hydrogens (tertiary/aromatic N) is 2. The van der Waals surface area contributed by atoms with Crippen LogP contribution in [0.3, 0.4) is 0 Å². The maximum atomic E-state index is 13.2. The number of aromatic nitrogens is 1. The van der Waals surface area contributed by atoms with E-state index in [0.717, 1.165) is 19.3 Å². The Bertz CT molecular complexity index is 801. The van der Waals surface area contributed by atoms with Gasteiger partial charge in [0.05, 0.1) is 24.5 Å². The highest BCUT2D eigenvalue weighted by molar-refractivity contribution is 6.02. The highest BCUT2D eigenvalue weighted by Gasteiger charge is 2.67. The van der Waals surface area contributed by atoms with Crippen LogP contribution in [0.4, 0.5) is 5.82 Å². The van der Waals surface area contributed by atoms with Gasteiger partial charge in [-0.05, 0) is 26.2 Å². The zero-order valence-electron chi connectivity index (χ0n) is 17.0. The maximum absolute atomic E-state index is 13.2. The number of fused-ring (bicyclic) bond motifs is 1. The third kappa shape index (κ3) is 3.15. The molecule has 152 valence electrons. The summed E-state index contributed by atoms with van der Waals surface area (Å²) in [6.45, 7) is 8.59. The molecule has 0 aromatic carbocycles. The predicted octanol–water partition coefficient (Wildman–Crippen LogP) is 2.60. The number of rotatable bonds is 7. The molecular formula is C21H29N3O4. The van der Waals surface area contributed by atoms with E-state index in [1.807, 2.05) is 19.1 Å². The van der Waals surface area contributed by atoms with Crippen LogP contribution >= 0.6 is 0 Å². The largest absolute Gasteiger partial charge is 0.360 e. The summed E-state index contributed by atoms with van der Waals surface area (Å²) in [5, 5.41) is 7.08. The minimum absolute atomic E-state index is 0.0797. The Balaban J connectivity index is 1.46. The third-order valence-electron chi connectivity index (χ3n) is 6.10. The molecule has 7 heteroatoms. The van der Waals surface area contributed by atoms with Crippen LogP contribution in [0.25, 0.3) is 0 Å². The van der Waals surface area contributed by atoms with Gasteiger partial charge in [0.2, 0.25) is 11.8 Å². The van der Waals surface area contributed by atoms with Gasteiger partial charge in [-0.2, -0.15) is 0 Å². The highest BCUT2D eigenvalue weighted by Crippen LogP contribution is 2.52. The molecule has 7 nitrogen and oxygen atoms in total. The Morgan fingerprint density at radius 3 is 2.86 bits per heavy atom. The molecule has 1 aromatic rings. The molecule has 3 aliphatic heterocycles. The lowest BCUT2D eigenvalue weighted by atomic mass is 9.76. The topological polar surface area (TPSA) is 84.7 Å². The smallest absolute Gasteiger partial charge is 0.235 e. The summed E-state index contributed by atoms with van der Waals surface area (Å²) < 4.78 is 11.3. The zero-order chi connectivity index (χ0) is 20.1. The SMILES string of the molecule is Cc1cc(N2C[C@]34C=C[C@@H](O3)C(C(=O)NC(C)CCCC(C)C)C4C2=O)no1. The number of carbonyl (C=O) groups is 2. The van der Waals surface area contributed by atoms with Crippen LogP contribution in [0, 0.1) is 24.7 Å². The molecule has 0 saturated carbocycles. The molecule has 2 amide bonds. The van der Waals surface area contributed by atoms with Crippen LogP contribution < -0.4 is 10.2 Å². The molecular weight excluding hydrogens is 358 g/mol. The van der Waals surface area contributed by atoms with E-state index < -0.39 is 17.4 Å². The van der Waals surface area contributed by atoms with Crippen molar-refractivity contribution in [3.05, 3.63) is 24.0 Å². The van der Waals surface area contributed by atoms with Gasteiger partial charge >= 0.3 is 0 Å². The Morgan fingerprint density at radius 1 is 1.39 bits per heavy atom. The van der Waals surface area contributed by atoms with Gasteiger partial charge in [0.1, 0.15) is 11.4 Å². The fourth-order valence-corrected chi connectivity index (χ4v) is 4.72. The number of amides is 2. The van der Waals surface area contributed by atoms with Crippen LogP contribution in [0.2, 0.25) is 0 Å². The first-order valence-electron chi connectivity index (χ1n) is 10.2. The Morgan fingerprint density at radius 2 is 2.18 bits per heavy atom. The number of aryl methyl sites for hydroxylation is 1. The lowest BCUT2D eigenvalue weighted by molar-refractivity contribution is -0.132. The molecule has 1 aromatic heterocycles. The molecule has 0 radical (unpaired) electrons. The molecule has 1 N–H and O–H groups in total. The van der Waals surface area contributed by atoms with Gasteiger partial charge in [-0.25, -0.2) is 0 Å². The van der Waals surface area contributed by atoms with Crippen molar-refractivity contribution in [2.45, 2.75) is 64.7 Å². The number of ether oxygens (including phenoxy) is 1. The minimum Gasteiger partial charge on any atom is -0.360 e. The predicted molar refractivity (Wildman–Crippen MR) is 104 cm³/mol. The van der Waals surface area contributed by atoms with Crippen LogP contribution in [-0.2, 0) is 14.3 Å². The summed E-state index contributed by atoms with van der Waals surface area (Å²) in [4.78, 5) is 27.8. The van der Waals surface area contributed by atoms with E-state index in [9.17, 15) is 9.59 Å². The van der Waals surface area contributed by atoms with Gasteiger partial charge in [-0.3, -0.25) is 14.5 Å². The second-order valence-corrected chi connectivity index (χ2v) is 8.85. The monoisotopic (exact) mass is 387 g/mol. The van der Waals surface area contributed by atoms with Crippen molar-refractivity contribution >= 4 is 17.6 Å². The molecule has 2 bridgehead atoms. The zero-order valence-corrected chi connectivity index (χ0v) is 17.0. The van der Waals surface area contributed by atoms with Crippen molar-refractivity contribution in [2.75, 3.05) is 11.4 Å². The van der Waals surface area contributed by atoms with Crippen LogP contribution in [0.1, 0.15) is 45.8 Å². The fraction of sp³-hybridized carbons (Fsp3) is 0.667. The normalized spacial score (nSPS) is 31.7. The van der Waals surface area contributed by atoms with Gasteiger partial charge in [0.15, 0.2) is 5.82 Å². The van der Waals surface area contributed by atoms with E-state index in [1.165, 1.54) is 0 Å². The van der Waals surface area contributed by atoms with Crippen molar-refractivity contribution in [3.63, 3.8) is 0 Å². The van der Waals surface area contributed by atoms with Crippen molar-refractivity contribution in [3.8, 4) is 0 Å². The maximum Gasteiger partial charge on any atom is 0.235 e. The number of anilines is 1. The molecule has 5 atom stereocenters. The van der Waals surface area contributed by atoms with Crippen LogP contribution in [0.5, 0.6) is 0 Å². The highest BCUT2D eigenvalue weighted by atomic mass is 16.5. The minimum atomic E-state index is -0.739. The first kappa shape index (κ1) is 19.2. The molecule has 0 aliphatic carbocycles. The summed E-state index contributed by atoms with van der Waals surface area (Å²) >= 11 is 0. The third-order valence-corrected chi connectivity index (χ3v) is 6.10. The van der Waals surface area contributed by atoms with Crippen molar-refractivity contribution in [1.82, 2.24) is 10.5 Å². The summed E-state index contributed by atoms with van der Waals surface area (Å²) in [7, 11) is 0. The quantitative estimate of drug-likeness (QED) is 0.727. The number of hydrogen-bond donors (Lipinski definition) is 1. The van der Waals surface area contributed by atoms with E-state index in [4.69, 9.17) is 9.26 Å². The Kier molecular flexibility index (Phi) is 4.81. The molecule has 28 heavy (non-hydrogen) atoms. The van der Waals surface area contributed by atoms with Gasteiger partial charge in [-0.1, -0.05) is 44.0 Å². The molecule has 2 saturated heterocycles. The van der Waals surface area contributed by atoms with Crippen molar-refractivity contribution in [1.29, 1.82) is 0 Å². The van der Waals surface area contributed by atoms with Gasteiger partial charge in [0.25, 0.3) is 0 Å². The standard InChI is InChI=1S/C21H29N3O4/c1-12(2)6-5-7-13(3)22-19(25)17-15-8-9-21(27-15)11-24(20(26)18(17)21)16-10-14(4)28-23-16/h8-10,12-13,15,17-18H,5-7,11H2,1-4H3,(H,22,25)/t13?,15-,17?,18?,21+/m1/s1. The van der Waals surface area contributed by atoms with Gasteiger partial charge < -0.3 is 14.6 Å². The number of hydrogen-bond acceptors (Lipinski definition) is 5. The van der Waals surface area contributed by atoms with E-state index in [2.05, 4.69) is 24.3 Å². The molecule has 4 rings (SSSR count). The fourth-order valence-electron chi connectivity index (χ4n) is 4.72. The Hall–Kier alpha value is -2.15. The molecule has 1 spiro atoms. The average molecular weight is 387 g/mol. The first-order valence-corrected chi connectivity index (χ1v) is 10.2. The molecule has 3 unspecified atom stereocenters. The second-order valence-electron chi connectivity index (χ2n) is 8.85. The molecule has 4 heterocycles. The summed E-state index contributed by atoms with van der Waals surface area (Å²) in [6.07, 6.45) is 6.70. The molecule has 2 fully saturated rings. The second kappa shape index (κ2) is 7.03. The number of nitrogens with one attached hydrogen (secondary N) is 1.